The minimum atomic E-state index is 0.277. The van der Waals surface area contributed by atoms with Gasteiger partial charge < -0.3 is 4.74 Å². The molecule has 0 fully saturated rings. The van der Waals surface area contributed by atoms with Crippen LogP contribution in [0.5, 0.6) is 5.88 Å². The Kier molecular flexibility index (Phi) is 2.98. The van der Waals surface area contributed by atoms with Gasteiger partial charge >= 0.3 is 0 Å². The van der Waals surface area contributed by atoms with E-state index in [1.54, 1.807) is 10.9 Å². The fourth-order valence-electron chi connectivity index (χ4n) is 0.970. The summed E-state index contributed by atoms with van der Waals surface area (Å²) in [7, 11) is 0. The molecule has 0 saturated carbocycles. The molecule has 1 heterocycles. The molecule has 0 bridgehead atoms. The van der Waals surface area contributed by atoms with Gasteiger partial charge in [0.2, 0.25) is 5.88 Å². The Hall–Kier alpha value is -0.700. The molecule has 0 amide bonds. The number of aromatic nitrogens is 2. The number of halogens is 1. The maximum atomic E-state index is 5.86. The van der Waals surface area contributed by atoms with Crippen LogP contribution in [0.3, 0.4) is 0 Å². The Labute approximate surface area is 77.3 Å². The maximum Gasteiger partial charge on any atom is 0.231 e. The van der Waals surface area contributed by atoms with Crippen LogP contribution < -0.4 is 4.74 Å². The van der Waals surface area contributed by atoms with E-state index >= 15 is 0 Å². The first-order valence-corrected chi connectivity index (χ1v) is 4.40. The lowest BCUT2D eigenvalue weighted by Crippen LogP contribution is -2.06. The first-order chi connectivity index (χ1) is 5.66. The van der Waals surface area contributed by atoms with E-state index in [9.17, 15) is 0 Å². The molecule has 0 unspecified atom stereocenters. The molecule has 1 aromatic rings. The quantitative estimate of drug-likeness (QED) is 0.729. The second-order valence-corrected chi connectivity index (χ2v) is 3.18. The van der Waals surface area contributed by atoms with Crippen LogP contribution >= 0.6 is 11.6 Å². The highest BCUT2D eigenvalue weighted by atomic mass is 35.5. The highest BCUT2D eigenvalue weighted by Gasteiger charge is 2.11. The summed E-state index contributed by atoms with van der Waals surface area (Å²) < 4.78 is 7.11. The van der Waals surface area contributed by atoms with Gasteiger partial charge in [-0.3, -0.25) is 0 Å². The van der Waals surface area contributed by atoms with Gasteiger partial charge in [0.1, 0.15) is 5.02 Å². The van der Waals surface area contributed by atoms with Crippen LogP contribution in [0.1, 0.15) is 26.8 Å². The van der Waals surface area contributed by atoms with E-state index in [1.807, 2.05) is 20.8 Å². The number of hydrogen-bond acceptors (Lipinski definition) is 2. The number of nitrogens with zero attached hydrogens (tertiary/aromatic N) is 2. The molecule has 0 N–H and O–H groups in total. The van der Waals surface area contributed by atoms with Crippen molar-refractivity contribution < 1.29 is 4.74 Å². The molecule has 1 aromatic heterocycles. The molecule has 0 saturated heterocycles. The zero-order chi connectivity index (χ0) is 9.14. The average Bonchev–Trinajstić information content (AvgIpc) is 2.34. The lowest BCUT2D eigenvalue weighted by atomic mass is 10.4. The van der Waals surface area contributed by atoms with Gasteiger partial charge in [-0.1, -0.05) is 11.6 Å². The summed E-state index contributed by atoms with van der Waals surface area (Å²) in [5, 5.41) is 4.67. The lowest BCUT2D eigenvalue weighted by Gasteiger charge is -2.10. The summed E-state index contributed by atoms with van der Waals surface area (Å²) in [5.41, 5.74) is 0. The summed E-state index contributed by atoms with van der Waals surface area (Å²) in [6.07, 6.45) is 1.60. The third-order valence-corrected chi connectivity index (χ3v) is 1.74. The van der Waals surface area contributed by atoms with Gasteiger partial charge in [0.15, 0.2) is 0 Å². The van der Waals surface area contributed by atoms with Crippen molar-refractivity contribution in [2.45, 2.75) is 26.8 Å². The Bertz CT molecular complexity index is 258. The summed E-state index contributed by atoms with van der Waals surface area (Å²) in [4.78, 5) is 0. The molecule has 0 spiro atoms. The highest BCUT2D eigenvalue weighted by molar-refractivity contribution is 6.31. The van der Waals surface area contributed by atoms with E-state index < -0.39 is 0 Å². The molecule has 68 valence electrons. The van der Waals surface area contributed by atoms with Crippen molar-refractivity contribution in [3.05, 3.63) is 11.2 Å². The van der Waals surface area contributed by atoms with E-state index in [1.165, 1.54) is 0 Å². The number of hydrogen-bond donors (Lipinski definition) is 0. The molecule has 0 aliphatic heterocycles. The molecular weight excluding hydrogens is 176 g/mol. The van der Waals surface area contributed by atoms with Gasteiger partial charge in [-0.05, 0) is 20.8 Å². The van der Waals surface area contributed by atoms with Gasteiger partial charge in [-0.25, -0.2) is 4.68 Å². The molecule has 3 nitrogen and oxygen atoms in total. The Balaban J connectivity index is 2.95. The standard InChI is InChI=1S/C8H13ClN2O/c1-4-12-8-7(9)5-10-11(8)6(2)3/h5-6H,4H2,1-3H3. The monoisotopic (exact) mass is 188 g/mol. The largest absolute Gasteiger partial charge is 0.477 e. The Morgan fingerprint density at radius 2 is 2.33 bits per heavy atom. The minimum Gasteiger partial charge on any atom is -0.477 e. The maximum absolute atomic E-state index is 5.86. The fraction of sp³-hybridized carbons (Fsp3) is 0.625. The summed E-state index contributed by atoms with van der Waals surface area (Å²) in [6, 6.07) is 0.277. The summed E-state index contributed by atoms with van der Waals surface area (Å²) in [6.45, 7) is 6.60. The molecule has 1 rings (SSSR count). The van der Waals surface area contributed by atoms with Crippen molar-refractivity contribution in [2.75, 3.05) is 6.61 Å². The van der Waals surface area contributed by atoms with Crippen LogP contribution in [0.25, 0.3) is 0 Å². The molecule has 12 heavy (non-hydrogen) atoms. The Morgan fingerprint density at radius 1 is 1.67 bits per heavy atom. The summed E-state index contributed by atoms with van der Waals surface area (Å²) >= 11 is 5.86. The molecule has 0 atom stereocenters. The second-order valence-electron chi connectivity index (χ2n) is 2.77. The zero-order valence-corrected chi connectivity index (χ0v) is 8.30. The first-order valence-electron chi connectivity index (χ1n) is 4.02. The van der Waals surface area contributed by atoms with Gasteiger partial charge in [-0.2, -0.15) is 5.10 Å². The highest BCUT2D eigenvalue weighted by Crippen LogP contribution is 2.26. The van der Waals surface area contributed by atoms with E-state index in [0.29, 0.717) is 17.5 Å². The number of rotatable bonds is 3. The van der Waals surface area contributed by atoms with Crippen molar-refractivity contribution in [3.63, 3.8) is 0 Å². The van der Waals surface area contributed by atoms with Gasteiger partial charge in [0.25, 0.3) is 0 Å². The van der Waals surface area contributed by atoms with Gasteiger partial charge in [0, 0.05) is 0 Å². The Morgan fingerprint density at radius 3 is 2.83 bits per heavy atom. The first kappa shape index (κ1) is 9.39. The van der Waals surface area contributed by atoms with Crippen LogP contribution in [0.2, 0.25) is 5.02 Å². The third-order valence-electron chi connectivity index (χ3n) is 1.48. The van der Waals surface area contributed by atoms with Gasteiger partial charge in [-0.15, -0.1) is 0 Å². The molecular formula is C8H13ClN2O. The van der Waals surface area contributed by atoms with Crippen LogP contribution in [0.15, 0.2) is 6.20 Å². The summed E-state index contributed by atoms with van der Waals surface area (Å²) in [5.74, 6) is 0.661. The third kappa shape index (κ3) is 1.72. The van der Waals surface area contributed by atoms with E-state index in [2.05, 4.69) is 5.10 Å². The van der Waals surface area contributed by atoms with Crippen molar-refractivity contribution in [2.24, 2.45) is 0 Å². The molecule has 0 aromatic carbocycles. The molecule has 0 aliphatic rings. The van der Waals surface area contributed by atoms with E-state index in [-0.39, 0.29) is 6.04 Å². The van der Waals surface area contributed by atoms with Crippen molar-refractivity contribution in [3.8, 4) is 5.88 Å². The smallest absolute Gasteiger partial charge is 0.231 e. The SMILES string of the molecule is CCOc1c(Cl)cnn1C(C)C. The predicted octanol–water partition coefficient (Wildman–Crippen LogP) is 2.52. The predicted molar refractivity (Wildman–Crippen MR) is 48.8 cm³/mol. The van der Waals surface area contributed by atoms with Crippen molar-refractivity contribution in [1.29, 1.82) is 0 Å². The second kappa shape index (κ2) is 3.81. The normalized spacial score (nSPS) is 10.8. The van der Waals surface area contributed by atoms with E-state index in [0.717, 1.165) is 0 Å². The van der Waals surface area contributed by atoms with Crippen LogP contribution in [-0.4, -0.2) is 16.4 Å². The van der Waals surface area contributed by atoms with Crippen LogP contribution in [-0.2, 0) is 0 Å². The zero-order valence-electron chi connectivity index (χ0n) is 7.54. The minimum absolute atomic E-state index is 0.277. The lowest BCUT2D eigenvalue weighted by molar-refractivity contribution is 0.292. The average molecular weight is 189 g/mol. The van der Waals surface area contributed by atoms with Crippen LogP contribution in [0.4, 0.5) is 0 Å². The topological polar surface area (TPSA) is 27.1 Å². The fourth-order valence-corrected chi connectivity index (χ4v) is 1.15. The van der Waals surface area contributed by atoms with E-state index in [4.69, 9.17) is 16.3 Å². The molecule has 0 aliphatic carbocycles. The van der Waals surface area contributed by atoms with Gasteiger partial charge in [0.05, 0.1) is 18.8 Å². The molecule has 0 radical (unpaired) electrons. The van der Waals surface area contributed by atoms with Crippen molar-refractivity contribution >= 4 is 11.6 Å². The van der Waals surface area contributed by atoms with Crippen LogP contribution in [0, 0.1) is 0 Å². The number of ether oxygens (including phenoxy) is 1. The van der Waals surface area contributed by atoms with Crippen molar-refractivity contribution in [1.82, 2.24) is 9.78 Å². The molecule has 4 heteroatoms.